The summed E-state index contributed by atoms with van der Waals surface area (Å²) in [5.74, 6) is 0.647. The largest absolute Gasteiger partial charge is 0.507 e. The van der Waals surface area contributed by atoms with Gasteiger partial charge in [-0.05, 0) is 132 Å². The number of phenolic OH excluding ortho intramolecular Hbond substituents is 1. The minimum atomic E-state index is -2.36. The summed E-state index contributed by atoms with van der Waals surface area (Å²) < 4.78 is 27.4. The maximum atomic E-state index is 11.6. The Morgan fingerprint density at radius 1 is 0.593 bits per heavy atom. The summed E-state index contributed by atoms with van der Waals surface area (Å²) >= 11 is 0. The molecule has 4 nitrogen and oxygen atoms in total. The second-order valence-electron chi connectivity index (χ2n) is 15.4. The van der Waals surface area contributed by atoms with E-state index in [9.17, 15) is 5.11 Å². The van der Waals surface area contributed by atoms with Crippen molar-refractivity contribution < 1.29 is 9.22 Å². The fraction of sp³-hybridized carbons (Fsp3) is 0.160. The third kappa shape index (κ3) is 6.60. The molecule has 4 heteroatoms. The highest BCUT2D eigenvalue weighted by molar-refractivity contribution is 5.97. The van der Waals surface area contributed by atoms with E-state index in [1.165, 1.54) is 5.56 Å². The van der Waals surface area contributed by atoms with Gasteiger partial charge in [0.2, 0.25) is 0 Å². The van der Waals surface area contributed by atoms with Crippen LogP contribution in [-0.2, 0) is 5.41 Å². The van der Waals surface area contributed by atoms with Gasteiger partial charge in [-0.1, -0.05) is 111 Å². The van der Waals surface area contributed by atoms with Crippen molar-refractivity contribution in [1.29, 1.82) is 0 Å². The normalized spacial score (nSPS) is 12.7. The number of pyridine rings is 1. The van der Waals surface area contributed by atoms with E-state index in [-0.39, 0.29) is 16.7 Å². The second kappa shape index (κ2) is 13.6. The van der Waals surface area contributed by atoms with Gasteiger partial charge >= 0.3 is 0 Å². The average molecular weight is 707 g/mol. The van der Waals surface area contributed by atoms with Crippen LogP contribution in [0.2, 0.25) is 0 Å². The van der Waals surface area contributed by atoms with Crippen LogP contribution in [0.4, 0.5) is 0 Å². The van der Waals surface area contributed by atoms with Crippen molar-refractivity contribution in [2.24, 2.45) is 0 Å². The first-order valence-electron chi connectivity index (χ1n) is 19.9. The fourth-order valence-electron chi connectivity index (χ4n) is 7.32. The van der Waals surface area contributed by atoms with Gasteiger partial charge in [0.05, 0.1) is 22.3 Å². The third-order valence-corrected chi connectivity index (χ3v) is 10.2. The number of para-hydroxylation sites is 1. The van der Waals surface area contributed by atoms with Gasteiger partial charge in [-0.2, -0.15) is 0 Å². The van der Waals surface area contributed by atoms with E-state index < -0.39 is 6.85 Å². The van der Waals surface area contributed by atoms with Crippen LogP contribution in [0.5, 0.6) is 5.75 Å². The molecule has 266 valence electrons. The monoisotopic (exact) mass is 706 g/mol. The van der Waals surface area contributed by atoms with Crippen LogP contribution in [0, 0.1) is 27.6 Å². The van der Waals surface area contributed by atoms with Crippen molar-refractivity contribution in [2.75, 3.05) is 0 Å². The summed E-state index contributed by atoms with van der Waals surface area (Å²) in [7, 11) is 0. The maximum Gasteiger partial charge on any atom is 0.149 e. The van der Waals surface area contributed by atoms with Crippen LogP contribution in [0.3, 0.4) is 0 Å². The van der Waals surface area contributed by atoms with Gasteiger partial charge in [-0.3, -0.25) is 9.55 Å². The van der Waals surface area contributed by atoms with Crippen LogP contribution < -0.4 is 0 Å². The first-order chi connectivity index (χ1) is 27.1. The average Bonchev–Trinajstić information content (AvgIpc) is 3.59. The Bertz CT molecular complexity index is 2790. The Kier molecular flexibility index (Phi) is 7.89. The number of aromatic nitrogens is 3. The number of rotatable bonds is 6. The minimum Gasteiger partial charge on any atom is -0.507 e. The Hall–Kier alpha value is -6.26. The van der Waals surface area contributed by atoms with E-state index in [0.29, 0.717) is 17.1 Å². The highest BCUT2D eigenvalue weighted by Crippen LogP contribution is 2.41. The molecule has 0 amide bonds. The highest BCUT2D eigenvalue weighted by atomic mass is 16.3. The summed E-state index contributed by atoms with van der Waals surface area (Å²) in [5, 5.41) is 11.6. The molecule has 2 heterocycles. The Balaban J connectivity index is 1.40. The topological polar surface area (TPSA) is 50.9 Å². The first kappa shape index (κ1) is 31.3. The lowest BCUT2D eigenvalue weighted by Crippen LogP contribution is -2.11. The van der Waals surface area contributed by atoms with E-state index in [4.69, 9.17) is 14.1 Å². The fourth-order valence-corrected chi connectivity index (χ4v) is 7.32. The summed E-state index contributed by atoms with van der Waals surface area (Å²) in [5.41, 5.74) is 14.5. The molecular formula is C50H45N3O. The number of aromatic hydroxyl groups is 1. The highest BCUT2D eigenvalue weighted by Gasteiger charge is 2.23. The van der Waals surface area contributed by atoms with Crippen molar-refractivity contribution in [1.82, 2.24) is 14.5 Å². The van der Waals surface area contributed by atoms with Gasteiger partial charge < -0.3 is 5.11 Å². The van der Waals surface area contributed by atoms with Gasteiger partial charge in [-0.15, -0.1) is 0 Å². The Morgan fingerprint density at radius 3 is 2.11 bits per heavy atom. The number of hydrogen-bond acceptors (Lipinski definition) is 3. The SMILES string of the molecule is [2H]C([2H])([2H])c1cc(-c2ccccc2)cc(-n2c(-c3cc(C)cc(C)c3O)nc3c(-c4cc(-c5cc(-c6ccc(C)cc6)ccn5)cc(C(C)(C)C)c4)cccc32)c1. The predicted octanol–water partition coefficient (Wildman–Crippen LogP) is 13.0. The molecule has 8 rings (SSSR count). The van der Waals surface area contributed by atoms with Crippen molar-refractivity contribution in [3.63, 3.8) is 0 Å². The van der Waals surface area contributed by atoms with Gasteiger partial charge in [0.1, 0.15) is 11.6 Å². The molecule has 0 spiro atoms. The molecule has 0 saturated heterocycles. The molecule has 0 bridgehead atoms. The Morgan fingerprint density at radius 2 is 1.35 bits per heavy atom. The van der Waals surface area contributed by atoms with Gasteiger partial charge in [0.25, 0.3) is 0 Å². The van der Waals surface area contributed by atoms with Crippen LogP contribution in [0.15, 0.2) is 140 Å². The van der Waals surface area contributed by atoms with Gasteiger partial charge in [0, 0.05) is 27.1 Å². The molecule has 0 aliphatic heterocycles. The molecule has 2 aromatic heterocycles. The van der Waals surface area contributed by atoms with Crippen LogP contribution in [0.25, 0.3) is 72.7 Å². The lowest BCUT2D eigenvalue weighted by molar-refractivity contribution is 0.472. The van der Waals surface area contributed by atoms with Crippen LogP contribution >= 0.6 is 0 Å². The zero-order valence-electron chi connectivity index (χ0n) is 34.6. The minimum absolute atomic E-state index is 0.130. The number of imidazole rings is 1. The van der Waals surface area contributed by atoms with E-state index in [1.54, 1.807) is 12.1 Å². The molecule has 0 fully saturated rings. The summed E-state index contributed by atoms with van der Waals surface area (Å²) in [4.78, 5) is 10.2. The van der Waals surface area contributed by atoms with E-state index in [0.717, 1.165) is 72.4 Å². The summed E-state index contributed by atoms with van der Waals surface area (Å²) in [6.45, 7) is 10.2. The third-order valence-electron chi connectivity index (χ3n) is 10.2. The molecule has 0 atom stereocenters. The number of benzene rings is 6. The smallest absolute Gasteiger partial charge is 0.149 e. The number of nitrogens with zero attached hydrogens (tertiary/aromatic N) is 3. The predicted molar refractivity (Wildman–Crippen MR) is 225 cm³/mol. The molecular weight excluding hydrogens is 659 g/mol. The molecule has 0 radical (unpaired) electrons. The lowest BCUT2D eigenvalue weighted by Gasteiger charge is -2.22. The van der Waals surface area contributed by atoms with Crippen molar-refractivity contribution in [2.45, 2.75) is 53.8 Å². The molecule has 0 aliphatic rings. The Labute approximate surface area is 322 Å². The lowest BCUT2D eigenvalue weighted by atomic mass is 9.83. The molecule has 6 aromatic carbocycles. The standard InChI is InChI=1S/C50H45N3O/c1-31-16-18-36(19-17-31)37-20-21-51-45(30-37)40-26-39(27-41(28-40)50(5,6)7)43-14-11-15-46-47(43)52-49(44-25-32(2)22-34(4)48(44)54)53(46)42-24-33(3)23-38(29-42)35-12-9-8-10-13-35/h8-30,54H,1-7H3/i3D3. The molecule has 8 aromatic rings. The molecule has 0 aliphatic carbocycles. The van der Waals surface area contributed by atoms with Crippen LogP contribution in [-0.4, -0.2) is 19.6 Å². The first-order valence-corrected chi connectivity index (χ1v) is 18.4. The maximum absolute atomic E-state index is 11.6. The zero-order chi connectivity index (χ0) is 40.2. The van der Waals surface area contributed by atoms with Crippen molar-refractivity contribution in [3.8, 4) is 67.5 Å². The number of fused-ring (bicyclic) bond motifs is 1. The van der Waals surface area contributed by atoms with Gasteiger partial charge in [-0.25, -0.2) is 4.98 Å². The van der Waals surface area contributed by atoms with E-state index >= 15 is 0 Å². The van der Waals surface area contributed by atoms with E-state index in [2.05, 4.69) is 82.3 Å². The van der Waals surface area contributed by atoms with Crippen LogP contribution in [0.1, 0.15) is 52.7 Å². The van der Waals surface area contributed by atoms with Crippen molar-refractivity contribution in [3.05, 3.63) is 167 Å². The van der Waals surface area contributed by atoms with Gasteiger partial charge in [0.15, 0.2) is 0 Å². The molecule has 54 heavy (non-hydrogen) atoms. The summed E-state index contributed by atoms with van der Waals surface area (Å²) in [6, 6.07) is 44.7. The van der Waals surface area contributed by atoms with Crippen molar-refractivity contribution >= 4 is 11.0 Å². The molecule has 1 N–H and O–H groups in total. The number of hydrogen-bond donors (Lipinski definition) is 1. The zero-order valence-corrected chi connectivity index (χ0v) is 31.6. The quantitative estimate of drug-likeness (QED) is 0.187. The second-order valence-corrected chi connectivity index (χ2v) is 15.4. The van der Waals surface area contributed by atoms with E-state index in [1.807, 2.05) is 91.3 Å². The number of phenols is 1. The molecule has 0 saturated carbocycles. The molecule has 0 unspecified atom stereocenters. The number of aryl methyl sites for hydroxylation is 4. The summed E-state index contributed by atoms with van der Waals surface area (Å²) in [6.07, 6.45) is 1.87.